The van der Waals surface area contributed by atoms with E-state index in [1.165, 1.54) is 6.07 Å². The Morgan fingerprint density at radius 2 is 2.31 bits per heavy atom. The summed E-state index contributed by atoms with van der Waals surface area (Å²) in [6.45, 7) is 0. The molecule has 0 spiro atoms. The highest BCUT2D eigenvalue weighted by Crippen LogP contribution is 2.22. The molecule has 0 aliphatic rings. The fourth-order valence-corrected chi connectivity index (χ4v) is 1.45. The predicted octanol–water partition coefficient (Wildman–Crippen LogP) is 2.29. The Labute approximate surface area is 84.5 Å². The van der Waals surface area contributed by atoms with Gasteiger partial charge in [-0.05, 0) is 18.2 Å². The van der Waals surface area contributed by atoms with E-state index >= 15 is 0 Å². The summed E-state index contributed by atoms with van der Waals surface area (Å²) >= 11 is 3.26. The summed E-state index contributed by atoms with van der Waals surface area (Å²) < 4.78 is 5.05. The van der Waals surface area contributed by atoms with E-state index < -0.39 is 5.97 Å². The maximum Gasteiger partial charge on any atom is 0.335 e. The number of ether oxygens (including phenoxy) is 1. The van der Waals surface area contributed by atoms with Crippen LogP contribution in [0.3, 0.4) is 0 Å². The molecule has 1 aromatic carbocycles. The highest BCUT2D eigenvalue weighted by Gasteiger charge is 2.07. The van der Waals surface area contributed by atoms with Crippen molar-refractivity contribution in [1.29, 1.82) is 0 Å². The van der Waals surface area contributed by atoms with Crippen molar-refractivity contribution in [2.45, 2.75) is 5.33 Å². The molecule has 1 aromatic rings. The molecule has 0 atom stereocenters. The standard InChI is InChI=1S/C9H9BrO3/c1-13-8-3-2-6(9(11)12)4-7(8)5-10/h2-4H,5H2,1H3,(H,11,12). The van der Waals surface area contributed by atoms with Crippen LogP contribution >= 0.6 is 15.9 Å². The summed E-state index contributed by atoms with van der Waals surface area (Å²) in [6.07, 6.45) is 0. The van der Waals surface area contributed by atoms with Gasteiger partial charge in [-0.15, -0.1) is 0 Å². The molecule has 4 heteroatoms. The third-order valence-electron chi connectivity index (χ3n) is 1.67. The Balaban J connectivity index is 3.13. The van der Waals surface area contributed by atoms with Gasteiger partial charge in [-0.3, -0.25) is 0 Å². The van der Waals surface area contributed by atoms with Crippen molar-refractivity contribution in [2.24, 2.45) is 0 Å². The molecule has 1 rings (SSSR count). The van der Waals surface area contributed by atoms with Gasteiger partial charge in [0.15, 0.2) is 0 Å². The van der Waals surface area contributed by atoms with E-state index in [0.717, 1.165) is 5.56 Å². The van der Waals surface area contributed by atoms with Crippen LogP contribution < -0.4 is 4.74 Å². The Kier molecular flexibility index (Phi) is 3.31. The second-order valence-corrected chi connectivity index (χ2v) is 3.03. The number of benzene rings is 1. The third kappa shape index (κ3) is 2.21. The molecule has 0 aliphatic heterocycles. The van der Waals surface area contributed by atoms with Crippen molar-refractivity contribution in [3.63, 3.8) is 0 Å². The van der Waals surface area contributed by atoms with Crippen LogP contribution in [0.15, 0.2) is 18.2 Å². The van der Waals surface area contributed by atoms with Gasteiger partial charge in [-0.2, -0.15) is 0 Å². The van der Waals surface area contributed by atoms with Crippen molar-refractivity contribution < 1.29 is 14.6 Å². The number of carbonyl (C=O) groups is 1. The van der Waals surface area contributed by atoms with Crippen LogP contribution in [0.2, 0.25) is 0 Å². The number of rotatable bonds is 3. The lowest BCUT2D eigenvalue weighted by molar-refractivity contribution is 0.0697. The fourth-order valence-electron chi connectivity index (χ4n) is 1.02. The molecule has 0 fully saturated rings. The molecular formula is C9H9BrO3. The highest BCUT2D eigenvalue weighted by atomic mass is 79.9. The molecule has 0 aliphatic carbocycles. The fraction of sp³-hybridized carbons (Fsp3) is 0.222. The van der Waals surface area contributed by atoms with Gasteiger partial charge in [0.05, 0.1) is 12.7 Å². The average molecular weight is 245 g/mol. The van der Waals surface area contributed by atoms with Crippen LogP contribution in [0.5, 0.6) is 5.75 Å². The van der Waals surface area contributed by atoms with Crippen molar-refractivity contribution in [1.82, 2.24) is 0 Å². The van der Waals surface area contributed by atoms with Gasteiger partial charge in [-0.25, -0.2) is 4.79 Å². The van der Waals surface area contributed by atoms with Gasteiger partial charge >= 0.3 is 5.97 Å². The number of halogens is 1. The summed E-state index contributed by atoms with van der Waals surface area (Å²) in [5.41, 5.74) is 1.11. The molecule has 0 aromatic heterocycles. The van der Waals surface area contributed by atoms with Gasteiger partial charge in [0, 0.05) is 10.9 Å². The first-order valence-electron chi connectivity index (χ1n) is 3.65. The highest BCUT2D eigenvalue weighted by molar-refractivity contribution is 9.08. The van der Waals surface area contributed by atoms with Crippen molar-refractivity contribution >= 4 is 21.9 Å². The summed E-state index contributed by atoms with van der Waals surface area (Å²) in [5.74, 6) is -0.230. The second kappa shape index (κ2) is 4.28. The van der Waals surface area contributed by atoms with E-state index in [0.29, 0.717) is 11.1 Å². The van der Waals surface area contributed by atoms with Crippen LogP contribution in [-0.2, 0) is 5.33 Å². The lowest BCUT2D eigenvalue weighted by atomic mass is 10.1. The van der Waals surface area contributed by atoms with Crippen molar-refractivity contribution in [2.75, 3.05) is 7.11 Å². The molecule has 0 radical (unpaired) electrons. The maximum atomic E-state index is 10.6. The largest absolute Gasteiger partial charge is 0.496 e. The van der Waals surface area contributed by atoms with Crippen molar-refractivity contribution in [3.8, 4) is 5.75 Å². The van der Waals surface area contributed by atoms with Gasteiger partial charge < -0.3 is 9.84 Å². The number of methoxy groups -OCH3 is 1. The van der Waals surface area contributed by atoms with E-state index in [1.54, 1.807) is 19.2 Å². The van der Waals surface area contributed by atoms with E-state index in [4.69, 9.17) is 9.84 Å². The van der Waals surface area contributed by atoms with Crippen LogP contribution in [0.4, 0.5) is 0 Å². The maximum absolute atomic E-state index is 10.6. The summed E-state index contributed by atoms with van der Waals surface area (Å²) in [5, 5.41) is 9.29. The number of hydrogen-bond acceptors (Lipinski definition) is 2. The average Bonchev–Trinajstić information content (AvgIpc) is 2.16. The number of aromatic carboxylic acids is 1. The van der Waals surface area contributed by atoms with Crippen molar-refractivity contribution in [3.05, 3.63) is 29.3 Å². The van der Waals surface area contributed by atoms with E-state index in [2.05, 4.69) is 15.9 Å². The van der Waals surface area contributed by atoms with Crippen LogP contribution in [-0.4, -0.2) is 18.2 Å². The number of carboxylic acid groups (broad SMARTS) is 1. The molecule has 13 heavy (non-hydrogen) atoms. The zero-order valence-electron chi connectivity index (χ0n) is 7.08. The molecule has 3 nitrogen and oxygen atoms in total. The quantitative estimate of drug-likeness (QED) is 0.831. The molecule has 0 unspecified atom stereocenters. The predicted molar refractivity (Wildman–Crippen MR) is 52.6 cm³/mol. The Morgan fingerprint density at radius 3 is 2.77 bits per heavy atom. The molecule has 0 amide bonds. The van der Waals surface area contributed by atoms with Crippen LogP contribution in [0.1, 0.15) is 15.9 Å². The topological polar surface area (TPSA) is 46.5 Å². The first kappa shape index (κ1) is 10.1. The summed E-state index contributed by atoms with van der Waals surface area (Å²) in [6, 6.07) is 4.77. The zero-order chi connectivity index (χ0) is 9.84. The molecule has 0 saturated carbocycles. The normalized spacial score (nSPS) is 9.69. The van der Waals surface area contributed by atoms with Gasteiger partial charge in [0.1, 0.15) is 5.75 Å². The second-order valence-electron chi connectivity index (χ2n) is 2.47. The molecule has 0 heterocycles. The minimum Gasteiger partial charge on any atom is -0.496 e. The Morgan fingerprint density at radius 1 is 1.62 bits per heavy atom. The van der Waals surface area contributed by atoms with Gasteiger partial charge in [-0.1, -0.05) is 15.9 Å². The lowest BCUT2D eigenvalue weighted by Gasteiger charge is -2.06. The van der Waals surface area contributed by atoms with Gasteiger partial charge in [0.25, 0.3) is 0 Å². The third-order valence-corrected chi connectivity index (χ3v) is 2.28. The van der Waals surface area contributed by atoms with Gasteiger partial charge in [0.2, 0.25) is 0 Å². The number of carboxylic acids is 1. The molecule has 0 saturated heterocycles. The van der Waals surface area contributed by atoms with E-state index in [1.807, 2.05) is 0 Å². The Bertz CT molecular complexity index is 323. The molecule has 1 N–H and O–H groups in total. The molecule has 0 bridgehead atoms. The number of alkyl halides is 1. The minimum atomic E-state index is -0.926. The Hall–Kier alpha value is -1.03. The first-order chi connectivity index (χ1) is 6.19. The smallest absolute Gasteiger partial charge is 0.335 e. The van der Waals surface area contributed by atoms with E-state index in [-0.39, 0.29) is 5.56 Å². The summed E-state index contributed by atoms with van der Waals surface area (Å²) in [4.78, 5) is 10.6. The lowest BCUT2D eigenvalue weighted by Crippen LogP contribution is -1.98. The molecular weight excluding hydrogens is 236 g/mol. The van der Waals surface area contributed by atoms with Crippen LogP contribution in [0, 0.1) is 0 Å². The summed E-state index contributed by atoms with van der Waals surface area (Å²) in [7, 11) is 1.56. The zero-order valence-corrected chi connectivity index (χ0v) is 8.67. The van der Waals surface area contributed by atoms with Crippen LogP contribution in [0.25, 0.3) is 0 Å². The minimum absolute atomic E-state index is 0.273. The monoisotopic (exact) mass is 244 g/mol. The van der Waals surface area contributed by atoms with E-state index in [9.17, 15) is 4.79 Å². The SMILES string of the molecule is COc1ccc(C(=O)O)cc1CBr. The first-order valence-corrected chi connectivity index (χ1v) is 4.77. The molecule has 70 valence electrons. The number of hydrogen-bond donors (Lipinski definition) is 1.